The third-order valence-electron chi connectivity index (χ3n) is 2.90. The van der Waals surface area contributed by atoms with Crippen molar-refractivity contribution < 1.29 is 8.42 Å². The van der Waals surface area contributed by atoms with Crippen LogP contribution >= 0.6 is 0 Å². The van der Waals surface area contributed by atoms with Crippen molar-refractivity contribution in [1.29, 1.82) is 5.26 Å². The second-order valence-corrected chi connectivity index (χ2v) is 6.42. The number of nitriles is 1. The molecule has 0 amide bonds. The molecule has 0 aliphatic carbocycles. The van der Waals surface area contributed by atoms with Crippen molar-refractivity contribution >= 4 is 27.5 Å². The Balaban J connectivity index is 2.14. The van der Waals surface area contributed by atoms with Crippen molar-refractivity contribution in [2.75, 3.05) is 17.6 Å². The van der Waals surface area contributed by atoms with E-state index in [-0.39, 0.29) is 22.2 Å². The number of nitrogens with two attached hydrogens (primary N) is 1. The van der Waals surface area contributed by atoms with E-state index in [1.807, 2.05) is 13.0 Å². The summed E-state index contributed by atoms with van der Waals surface area (Å²) in [5.41, 5.74) is 6.41. The van der Waals surface area contributed by atoms with E-state index in [0.29, 0.717) is 12.2 Å². The van der Waals surface area contributed by atoms with Crippen LogP contribution in [0, 0.1) is 11.3 Å². The molecule has 8 nitrogen and oxygen atoms in total. The van der Waals surface area contributed by atoms with E-state index < -0.39 is 10.0 Å². The average Bonchev–Trinajstić information content (AvgIpc) is 2.54. The first-order valence-electron chi connectivity index (χ1n) is 6.85. The second kappa shape index (κ2) is 7.04. The van der Waals surface area contributed by atoms with Gasteiger partial charge < -0.3 is 11.1 Å². The van der Waals surface area contributed by atoms with Gasteiger partial charge in [-0.3, -0.25) is 0 Å². The molecule has 9 heteroatoms. The average molecular weight is 332 g/mol. The molecule has 1 heterocycles. The normalized spacial score (nSPS) is 11.0. The minimum absolute atomic E-state index is 0.0768. The highest BCUT2D eigenvalue weighted by atomic mass is 32.2. The zero-order chi connectivity index (χ0) is 16.9. The smallest absolute Gasteiger partial charge is 0.240 e. The van der Waals surface area contributed by atoms with E-state index in [9.17, 15) is 8.42 Å². The summed E-state index contributed by atoms with van der Waals surface area (Å²) in [6.45, 7) is 2.28. The number of benzene rings is 1. The number of nitrogens with zero attached hydrogens (tertiary/aromatic N) is 3. The molecule has 23 heavy (non-hydrogen) atoms. The SMILES string of the molecule is CCCNS(=O)(=O)c1ccc(Nc2ncc(C#N)c(N)n2)cc1. The Bertz CT molecular complexity index is 827. The van der Waals surface area contributed by atoms with E-state index in [0.717, 1.165) is 6.42 Å². The van der Waals surface area contributed by atoms with Crippen LogP contribution in [-0.2, 0) is 10.0 Å². The molecule has 0 spiro atoms. The van der Waals surface area contributed by atoms with Gasteiger partial charge in [-0.25, -0.2) is 18.1 Å². The van der Waals surface area contributed by atoms with E-state index in [2.05, 4.69) is 20.0 Å². The van der Waals surface area contributed by atoms with Gasteiger partial charge in [-0.05, 0) is 30.7 Å². The van der Waals surface area contributed by atoms with Crippen LogP contribution in [0.1, 0.15) is 18.9 Å². The summed E-state index contributed by atoms with van der Waals surface area (Å²) < 4.78 is 26.4. The Morgan fingerprint density at radius 2 is 2.00 bits per heavy atom. The van der Waals surface area contributed by atoms with Gasteiger partial charge in [0.05, 0.1) is 11.1 Å². The van der Waals surface area contributed by atoms with Crippen LogP contribution in [0.2, 0.25) is 0 Å². The lowest BCUT2D eigenvalue weighted by atomic mass is 10.3. The van der Waals surface area contributed by atoms with Crippen LogP contribution in [-0.4, -0.2) is 24.9 Å². The van der Waals surface area contributed by atoms with Gasteiger partial charge in [0.2, 0.25) is 16.0 Å². The Morgan fingerprint density at radius 3 is 2.57 bits per heavy atom. The van der Waals surface area contributed by atoms with Crippen LogP contribution in [0.3, 0.4) is 0 Å². The van der Waals surface area contributed by atoms with E-state index in [4.69, 9.17) is 11.0 Å². The summed E-state index contributed by atoms with van der Waals surface area (Å²) in [6.07, 6.45) is 2.04. The number of rotatable bonds is 6. The fraction of sp³-hybridized carbons (Fsp3) is 0.214. The number of nitrogen functional groups attached to an aromatic ring is 1. The third kappa shape index (κ3) is 4.15. The lowest BCUT2D eigenvalue weighted by Gasteiger charge is -2.08. The molecule has 4 N–H and O–H groups in total. The molecule has 2 aromatic rings. The summed E-state index contributed by atoms with van der Waals surface area (Å²) in [7, 11) is -3.49. The summed E-state index contributed by atoms with van der Waals surface area (Å²) in [4.78, 5) is 8.09. The molecule has 0 aliphatic heterocycles. The highest BCUT2D eigenvalue weighted by Gasteiger charge is 2.12. The Kier molecular flexibility index (Phi) is 5.10. The fourth-order valence-corrected chi connectivity index (χ4v) is 2.84. The number of aromatic nitrogens is 2. The number of sulfonamides is 1. The van der Waals surface area contributed by atoms with E-state index >= 15 is 0 Å². The predicted molar refractivity (Wildman–Crippen MR) is 86.4 cm³/mol. The number of nitrogens with one attached hydrogen (secondary N) is 2. The van der Waals surface area contributed by atoms with Crippen LogP contribution < -0.4 is 15.8 Å². The highest BCUT2D eigenvalue weighted by Crippen LogP contribution is 2.18. The van der Waals surface area contributed by atoms with Gasteiger partial charge in [0.1, 0.15) is 17.5 Å². The number of hydrogen-bond donors (Lipinski definition) is 3. The lowest BCUT2D eigenvalue weighted by Crippen LogP contribution is -2.24. The van der Waals surface area contributed by atoms with Gasteiger partial charge in [0.15, 0.2) is 0 Å². The van der Waals surface area contributed by atoms with E-state index in [1.165, 1.54) is 18.3 Å². The molecule has 0 unspecified atom stereocenters. The molecule has 0 fully saturated rings. The molecule has 0 atom stereocenters. The minimum atomic E-state index is -3.49. The number of anilines is 3. The van der Waals surface area contributed by atoms with E-state index in [1.54, 1.807) is 12.1 Å². The van der Waals surface area contributed by atoms with Crippen molar-refractivity contribution in [3.05, 3.63) is 36.0 Å². The van der Waals surface area contributed by atoms with Crippen molar-refractivity contribution in [2.24, 2.45) is 0 Å². The first-order chi connectivity index (χ1) is 11.0. The summed E-state index contributed by atoms with van der Waals surface area (Å²) in [5, 5.41) is 11.7. The maximum Gasteiger partial charge on any atom is 0.240 e. The standard InChI is InChI=1S/C14H16N6O2S/c1-2-7-18-23(21,22)12-5-3-11(4-6-12)19-14-17-9-10(8-15)13(16)20-14/h3-6,9,18H,2,7H2,1H3,(H3,16,17,19,20). The summed E-state index contributed by atoms with van der Waals surface area (Å²) >= 11 is 0. The van der Waals surface area contributed by atoms with Gasteiger partial charge in [0, 0.05) is 12.2 Å². The maximum atomic E-state index is 12.0. The summed E-state index contributed by atoms with van der Waals surface area (Å²) in [6, 6.07) is 8.03. The zero-order valence-electron chi connectivity index (χ0n) is 12.4. The van der Waals surface area contributed by atoms with Gasteiger partial charge in [-0.2, -0.15) is 10.2 Å². The molecular weight excluding hydrogens is 316 g/mol. The third-order valence-corrected chi connectivity index (χ3v) is 4.38. The van der Waals surface area contributed by atoms with Gasteiger partial charge in [-0.1, -0.05) is 6.92 Å². The molecule has 0 aliphatic rings. The largest absolute Gasteiger partial charge is 0.382 e. The molecule has 0 bridgehead atoms. The van der Waals surface area contributed by atoms with Crippen LogP contribution in [0.5, 0.6) is 0 Å². The van der Waals surface area contributed by atoms with Crippen LogP contribution in [0.25, 0.3) is 0 Å². The van der Waals surface area contributed by atoms with Gasteiger partial charge >= 0.3 is 0 Å². The Hall–Kier alpha value is -2.70. The second-order valence-electron chi connectivity index (χ2n) is 4.65. The van der Waals surface area contributed by atoms with Crippen molar-refractivity contribution in [3.8, 4) is 6.07 Å². The summed E-state index contributed by atoms with van der Waals surface area (Å²) in [5.74, 6) is 0.300. The molecule has 0 saturated carbocycles. The van der Waals surface area contributed by atoms with Crippen LogP contribution in [0.4, 0.5) is 17.5 Å². The predicted octanol–water partition coefficient (Wildman–Crippen LogP) is 1.36. The van der Waals surface area contributed by atoms with Crippen molar-refractivity contribution in [3.63, 3.8) is 0 Å². The maximum absolute atomic E-state index is 12.0. The molecule has 1 aromatic heterocycles. The molecule has 120 valence electrons. The Morgan fingerprint density at radius 1 is 1.30 bits per heavy atom. The molecular formula is C14H16N6O2S. The monoisotopic (exact) mass is 332 g/mol. The first-order valence-corrected chi connectivity index (χ1v) is 8.34. The molecule has 1 aromatic carbocycles. The molecule has 0 radical (unpaired) electrons. The zero-order valence-corrected chi connectivity index (χ0v) is 13.3. The quantitative estimate of drug-likeness (QED) is 0.727. The van der Waals surface area contributed by atoms with Crippen LogP contribution in [0.15, 0.2) is 35.4 Å². The lowest BCUT2D eigenvalue weighted by molar-refractivity contribution is 0.581. The minimum Gasteiger partial charge on any atom is -0.382 e. The number of hydrogen-bond acceptors (Lipinski definition) is 7. The first kappa shape index (κ1) is 16.7. The molecule has 2 rings (SSSR count). The topological polar surface area (TPSA) is 134 Å². The van der Waals surface area contributed by atoms with Gasteiger partial charge in [-0.15, -0.1) is 0 Å². The fourth-order valence-electron chi connectivity index (χ4n) is 1.71. The highest BCUT2D eigenvalue weighted by molar-refractivity contribution is 7.89. The Labute approximate surface area is 134 Å². The van der Waals surface area contributed by atoms with Gasteiger partial charge in [0.25, 0.3) is 0 Å². The molecule has 0 saturated heterocycles. The van der Waals surface area contributed by atoms with Crippen molar-refractivity contribution in [2.45, 2.75) is 18.2 Å². The van der Waals surface area contributed by atoms with Crippen molar-refractivity contribution in [1.82, 2.24) is 14.7 Å².